The van der Waals surface area contributed by atoms with Crippen LogP contribution in [0.3, 0.4) is 0 Å². The van der Waals surface area contributed by atoms with Gasteiger partial charge in [0, 0.05) is 11.6 Å². The fourth-order valence-electron chi connectivity index (χ4n) is 2.96. The van der Waals surface area contributed by atoms with Gasteiger partial charge in [0.25, 0.3) is 0 Å². The fraction of sp³-hybridized carbons (Fsp3) is 0.391. The smallest absolute Gasteiger partial charge is 0.419 e. The highest BCUT2D eigenvalue weighted by Gasteiger charge is 2.35. The van der Waals surface area contributed by atoms with Crippen molar-refractivity contribution >= 4 is 11.3 Å². The lowest BCUT2D eigenvalue weighted by molar-refractivity contribution is -0.138. The number of unbranched alkanes of at least 4 members (excludes halogenated alkanes) is 2. The van der Waals surface area contributed by atoms with Gasteiger partial charge in [0.1, 0.15) is 27.3 Å². The molecule has 3 aromatic rings. The lowest BCUT2D eigenvalue weighted by atomic mass is 10.1. The number of aliphatic hydroxyl groups excluding tert-OH is 1. The molecule has 1 heterocycles. The Hall–Kier alpha value is -2.76. The summed E-state index contributed by atoms with van der Waals surface area (Å²) in [4.78, 5) is 0. The van der Waals surface area contributed by atoms with E-state index in [1.807, 2.05) is 0 Å². The van der Waals surface area contributed by atoms with Crippen LogP contribution in [0, 0.1) is 5.82 Å². The molecule has 1 aromatic heterocycles. The van der Waals surface area contributed by atoms with E-state index < -0.39 is 17.3 Å². The van der Waals surface area contributed by atoms with E-state index in [2.05, 4.69) is 10.2 Å². The average Bonchev–Trinajstić information content (AvgIpc) is 3.29. The molecule has 6 nitrogen and oxygen atoms in total. The quantitative estimate of drug-likeness (QED) is 0.280. The first-order valence-corrected chi connectivity index (χ1v) is 11.4. The predicted octanol–water partition coefficient (Wildman–Crippen LogP) is 5.16. The van der Waals surface area contributed by atoms with Gasteiger partial charge in [0.05, 0.1) is 30.9 Å². The molecular weight excluding hydrogens is 474 g/mol. The number of aliphatic hydroxyl groups is 1. The SMILES string of the molecule is CC(N)(CO)c1nnc(-c2ccc(OCCCCCOc3cccc(F)c3)c(C(F)(F)F)c2)s1. The number of hydrogen-bond acceptors (Lipinski definition) is 7. The molecule has 0 aliphatic rings. The molecule has 11 heteroatoms. The number of alkyl halides is 3. The zero-order valence-electron chi connectivity index (χ0n) is 18.4. The van der Waals surface area contributed by atoms with E-state index in [1.165, 1.54) is 24.3 Å². The van der Waals surface area contributed by atoms with Gasteiger partial charge in [-0.25, -0.2) is 4.39 Å². The Morgan fingerprint density at radius 1 is 1.00 bits per heavy atom. The van der Waals surface area contributed by atoms with Crippen molar-refractivity contribution in [2.75, 3.05) is 19.8 Å². The number of aromatic nitrogens is 2. The minimum atomic E-state index is -4.62. The molecule has 0 saturated carbocycles. The first kappa shape index (κ1) is 25.9. The molecule has 0 aliphatic heterocycles. The van der Waals surface area contributed by atoms with Gasteiger partial charge in [-0.05, 0) is 56.5 Å². The summed E-state index contributed by atoms with van der Waals surface area (Å²) in [7, 11) is 0. The van der Waals surface area contributed by atoms with Crippen molar-refractivity contribution in [3.8, 4) is 22.1 Å². The minimum absolute atomic E-state index is 0.105. The molecule has 0 aliphatic carbocycles. The van der Waals surface area contributed by atoms with Crippen molar-refractivity contribution in [2.24, 2.45) is 5.73 Å². The highest BCUT2D eigenvalue weighted by atomic mass is 32.1. The Balaban J connectivity index is 1.56. The molecule has 0 radical (unpaired) electrons. The molecule has 184 valence electrons. The van der Waals surface area contributed by atoms with Gasteiger partial charge in [0.2, 0.25) is 0 Å². The molecule has 2 aromatic carbocycles. The maximum atomic E-state index is 13.6. The third-order valence-corrected chi connectivity index (χ3v) is 6.14. The van der Waals surface area contributed by atoms with E-state index in [1.54, 1.807) is 19.1 Å². The van der Waals surface area contributed by atoms with Crippen LogP contribution in [0.1, 0.15) is 36.8 Å². The van der Waals surface area contributed by atoms with E-state index in [0.29, 0.717) is 36.6 Å². The Kier molecular flexibility index (Phi) is 8.45. The van der Waals surface area contributed by atoms with Crippen LogP contribution in [0.5, 0.6) is 11.5 Å². The molecule has 0 saturated heterocycles. The number of halogens is 4. The monoisotopic (exact) mass is 499 g/mol. The summed E-state index contributed by atoms with van der Waals surface area (Å²) in [6, 6.07) is 9.53. The number of hydrogen-bond donors (Lipinski definition) is 2. The lowest BCUT2D eigenvalue weighted by Crippen LogP contribution is -2.36. The van der Waals surface area contributed by atoms with Crippen LogP contribution in [-0.4, -0.2) is 35.1 Å². The van der Waals surface area contributed by atoms with Crippen LogP contribution in [-0.2, 0) is 11.7 Å². The summed E-state index contributed by atoms with van der Waals surface area (Å²) >= 11 is 1.02. The molecule has 0 spiro atoms. The molecule has 3 N–H and O–H groups in total. The molecule has 34 heavy (non-hydrogen) atoms. The number of nitrogens with zero attached hydrogens (tertiary/aromatic N) is 2. The highest BCUT2D eigenvalue weighted by molar-refractivity contribution is 7.14. The standard InChI is InChI=1S/C23H25F4N3O3S/c1-22(28,14-31)21-30-29-20(34-21)15-8-9-19(18(12-15)23(25,26)27)33-11-4-2-3-10-32-17-7-5-6-16(24)13-17/h5-9,12-13,31H,2-4,10-11,14,28H2,1H3. The third-order valence-electron chi connectivity index (χ3n) is 4.88. The topological polar surface area (TPSA) is 90.5 Å². The molecule has 1 atom stereocenters. The van der Waals surface area contributed by atoms with Gasteiger partial charge in [-0.1, -0.05) is 17.4 Å². The summed E-state index contributed by atoms with van der Waals surface area (Å²) in [6.07, 6.45) is -2.77. The maximum absolute atomic E-state index is 13.6. The Morgan fingerprint density at radius 2 is 1.74 bits per heavy atom. The second-order valence-corrected chi connectivity index (χ2v) is 8.89. The number of nitrogens with two attached hydrogens (primary N) is 1. The summed E-state index contributed by atoms with van der Waals surface area (Å²) < 4.78 is 64.9. The zero-order chi connectivity index (χ0) is 24.8. The molecule has 3 rings (SSSR count). The third kappa shape index (κ3) is 6.87. The Labute approximate surface area is 198 Å². The van der Waals surface area contributed by atoms with Gasteiger partial charge in [0.15, 0.2) is 0 Å². The largest absolute Gasteiger partial charge is 0.493 e. The molecule has 0 bridgehead atoms. The Bertz CT molecular complexity index is 1090. The van der Waals surface area contributed by atoms with Crippen molar-refractivity contribution in [3.63, 3.8) is 0 Å². The molecule has 1 unspecified atom stereocenters. The zero-order valence-corrected chi connectivity index (χ0v) is 19.3. The molecular formula is C23H25F4N3O3S. The van der Waals surface area contributed by atoms with Crippen LogP contribution in [0.25, 0.3) is 10.6 Å². The maximum Gasteiger partial charge on any atom is 0.419 e. The fourth-order valence-corrected chi connectivity index (χ4v) is 3.85. The van der Waals surface area contributed by atoms with Crippen molar-refractivity contribution in [1.82, 2.24) is 10.2 Å². The minimum Gasteiger partial charge on any atom is -0.493 e. The molecule has 0 fully saturated rings. The van der Waals surface area contributed by atoms with Crippen molar-refractivity contribution in [1.29, 1.82) is 0 Å². The van der Waals surface area contributed by atoms with Crippen LogP contribution in [0.4, 0.5) is 17.6 Å². The van der Waals surface area contributed by atoms with E-state index >= 15 is 0 Å². The van der Waals surface area contributed by atoms with Crippen LogP contribution >= 0.6 is 11.3 Å². The number of rotatable bonds is 11. The summed E-state index contributed by atoms with van der Waals surface area (Å²) in [6.45, 7) is 1.66. The Morgan fingerprint density at radius 3 is 2.41 bits per heavy atom. The first-order chi connectivity index (χ1) is 16.1. The first-order valence-electron chi connectivity index (χ1n) is 10.6. The number of benzene rings is 2. The van der Waals surface area contributed by atoms with E-state index in [0.717, 1.165) is 17.4 Å². The second-order valence-electron chi connectivity index (χ2n) is 7.91. The normalized spacial score (nSPS) is 13.5. The van der Waals surface area contributed by atoms with E-state index in [4.69, 9.17) is 15.2 Å². The second kappa shape index (κ2) is 11.1. The van der Waals surface area contributed by atoms with E-state index in [-0.39, 0.29) is 35.4 Å². The summed E-state index contributed by atoms with van der Waals surface area (Å²) in [5, 5.41) is 17.8. The van der Waals surface area contributed by atoms with Crippen LogP contribution in [0.2, 0.25) is 0 Å². The predicted molar refractivity (Wildman–Crippen MR) is 120 cm³/mol. The van der Waals surface area contributed by atoms with Gasteiger partial charge in [-0.2, -0.15) is 13.2 Å². The van der Waals surface area contributed by atoms with Gasteiger partial charge in [-0.3, -0.25) is 0 Å². The highest BCUT2D eigenvalue weighted by Crippen LogP contribution is 2.39. The van der Waals surface area contributed by atoms with Crippen molar-refractivity contribution in [3.05, 3.63) is 58.9 Å². The number of ether oxygens (including phenoxy) is 2. The van der Waals surface area contributed by atoms with E-state index in [9.17, 15) is 22.7 Å². The van der Waals surface area contributed by atoms with Crippen LogP contribution < -0.4 is 15.2 Å². The lowest BCUT2D eigenvalue weighted by Gasteiger charge is -2.17. The van der Waals surface area contributed by atoms with Gasteiger partial charge in [-0.15, -0.1) is 10.2 Å². The average molecular weight is 500 g/mol. The summed E-state index contributed by atoms with van der Waals surface area (Å²) in [5.74, 6) is -0.218. The van der Waals surface area contributed by atoms with Crippen LogP contribution in [0.15, 0.2) is 42.5 Å². The van der Waals surface area contributed by atoms with Crippen molar-refractivity contribution < 1.29 is 32.1 Å². The van der Waals surface area contributed by atoms with Gasteiger partial charge < -0.3 is 20.3 Å². The van der Waals surface area contributed by atoms with Crippen molar-refractivity contribution in [2.45, 2.75) is 37.9 Å². The van der Waals surface area contributed by atoms with Gasteiger partial charge >= 0.3 is 6.18 Å². The molecule has 0 amide bonds. The summed E-state index contributed by atoms with van der Waals surface area (Å²) in [5.41, 5.74) is 4.11.